The van der Waals surface area contributed by atoms with Crippen molar-refractivity contribution in [3.05, 3.63) is 15.6 Å². The molecule has 3 heteroatoms. The van der Waals surface area contributed by atoms with E-state index in [9.17, 15) is 0 Å². The Morgan fingerprint density at radius 1 is 1.33 bits per heavy atom. The van der Waals surface area contributed by atoms with E-state index >= 15 is 0 Å². The van der Waals surface area contributed by atoms with Crippen LogP contribution in [0.15, 0.2) is 0 Å². The van der Waals surface area contributed by atoms with Gasteiger partial charge in [-0.2, -0.15) is 0 Å². The van der Waals surface area contributed by atoms with Crippen LogP contribution in [-0.4, -0.2) is 11.5 Å². The van der Waals surface area contributed by atoms with Crippen LogP contribution in [0, 0.1) is 6.92 Å². The first-order valence-corrected chi connectivity index (χ1v) is 6.79. The van der Waals surface area contributed by atoms with Crippen LogP contribution >= 0.6 is 11.3 Å². The molecular formula is C12H20N2S. The zero-order valence-electron chi connectivity index (χ0n) is 9.46. The fourth-order valence-corrected chi connectivity index (χ4v) is 3.59. The molecule has 0 aliphatic heterocycles. The van der Waals surface area contributed by atoms with Gasteiger partial charge in [0, 0.05) is 10.8 Å². The van der Waals surface area contributed by atoms with E-state index in [1.54, 1.807) is 0 Å². The van der Waals surface area contributed by atoms with Crippen molar-refractivity contribution in [2.45, 2.75) is 51.4 Å². The summed E-state index contributed by atoms with van der Waals surface area (Å²) in [6.07, 6.45) is 7.86. The maximum absolute atomic E-state index is 5.60. The standard InChI is InChI=1S/C12H20N2S/c1-9-11(7-8-13)15-12(14-9)10-5-3-2-4-6-10/h10H,2-8,13H2,1H3. The number of nitrogens with two attached hydrogens (primary N) is 1. The Bertz CT molecular complexity index is 313. The van der Waals surface area contributed by atoms with Crippen LogP contribution in [0.4, 0.5) is 0 Å². The first-order valence-electron chi connectivity index (χ1n) is 5.97. The lowest BCUT2D eigenvalue weighted by Gasteiger charge is -2.18. The maximum Gasteiger partial charge on any atom is 0.0961 e. The van der Waals surface area contributed by atoms with Crippen molar-refractivity contribution in [2.75, 3.05) is 6.54 Å². The predicted molar refractivity (Wildman–Crippen MR) is 65.4 cm³/mol. The molecule has 2 rings (SSSR count). The van der Waals surface area contributed by atoms with Gasteiger partial charge in [0.2, 0.25) is 0 Å². The van der Waals surface area contributed by atoms with Crippen molar-refractivity contribution in [1.29, 1.82) is 0 Å². The zero-order valence-corrected chi connectivity index (χ0v) is 10.3. The van der Waals surface area contributed by atoms with Crippen LogP contribution in [0.25, 0.3) is 0 Å². The second-order valence-electron chi connectivity index (χ2n) is 4.43. The van der Waals surface area contributed by atoms with Crippen molar-refractivity contribution in [1.82, 2.24) is 4.98 Å². The summed E-state index contributed by atoms with van der Waals surface area (Å²) in [4.78, 5) is 6.12. The lowest BCUT2D eigenvalue weighted by atomic mass is 9.90. The Kier molecular flexibility index (Phi) is 3.76. The summed E-state index contributed by atoms with van der Waals surface area (Å²) in [7, 11) is 0. The van der Waals surface area contributed by atoms with E-state index in [-0.39, 0.29) is 0 Å². The second-order valence-corrected chi connectivity index (χ2v) is 5.55. The van der Waals surface area contributed by atoms with E-state index in [0.717, 1.165) is 18.9 Å². The fraction of sp³-hybridized carbons (Fsp3) is 0.750. The smallest absolute Gasteiger partial charge is 0.0961 e. The predicted octanol–water partition coefficient (Wildman–Crippen LogP) is 3.00. The number of aryl methyl sites for hydroxylation is 1. The number of nitrogens with zero attached hydrogens (tertiary/aromatic N) is 1. The Labute approximate surface area is 95.9 Å². The maximum atomic E-state index is 5.60. The molecule has 1 heterocycles. The van der Waals surface area contributed by atoms with Gasteiger partial charge < -0.3 is 5.73 Å². The second kappa shape index (κ2) is 5.08. The van der Waals surface area contributed by atoms with Crippen LogP contribution in [0.5, 0.6) is 0 Å². The van der Waals surface area contributed by atoms with E-state index in [1.165, 1.54) is 47.7 Å². The average Bonchev–Trinajstić information content (AvgIpc) is 2.63. The monoisotopic (exact) mass is 224 g/mol. The first-order chi connectivity index (χ1) is 7.31. The van der Waals surface area contributed by atoms with E-state index in [4.69, 9.17) is 10.7 Å². The third-order valence-electron chi connectivity index (χ3n) is 3.24. The minimum absolute atomic E-state index is 0.743. The minimum Gasteiger partial charge on any atom is -0.330 e. The summed E-state index contributed by atoms with van der Waals surface area (Å²) in [5.41, 5.74) is 6.81. The van der Waals surface area contributed by atoms with Gasteiger partial charge in [-0.3, -0.25) is 0 Å². The average molecular weight is 224 g/mol. The number of thiazole rings is 1. The topological polar surface area (TPSA) is 38.9 Å². The van der Waals surface area contributed by atoms with Gasteiger partial charge in [0.05, 0.1) is 10.7 Å². The molecule has 84 valence electrons. The van der Waals surface area contributed by atoms with Crippen LogP contribution in [0.2, 0.25) is 0 Å². The van der Waals surface area contributed by atoms with E-state index in [2.05, 4.69) is 6.92 Å². The fourth-order valence-electron chi connectivity index (χ4n) is 2.34. The van der Waals surface area contributed by atoms with Gasteiger partial charge >= 0.3 is 0 Å². The van der Waals surface area contributed by atoms with Gasteiger partial charge in [0.1, 0.15) is 0 Å². The Morgan fingerprint density at radius 2 is 2.07 bits per heavy atom. The lowest BCUT2D eigenvalue weighted by Crippen LogP contribution is -2.03. The third-order valence-corrected chi connectivity index (χ3v) is 4.61. The van der Waals surface area contributed by atoms with E-state index < -0.39 is 0 Å². The normalized spacial score (nSPS) is 18.3. The SMILES string of the molecule is Cc1nc(C2CCCCC2)sc1CCN. The molecule has 2 nitrogen and oxygen atoms in total. The lowest BCUT2D eigenvalue weighted by molar-refractivity contribution is 0.442. The summed E-state index contributed by atoms with van der Waals surface area (Å²) >= 11 is 1.90. The molecule has 1 fully saturated rings. The van der Waals surface area contributed by atoms with Gasteiger partial charge in [-0.1, -0.05) is 19.3 Å². The Balaban J connectivity index is 2.10. The van der Waals surface area contributed by atoms with Crippen LogP contribution in [-0.2, 0) is 6.42 Å². The van der Waals surface area contributed by atoms with Gasteiger partial charge in [-0.05, 0) is 32.7 Å². The molecule has 1 saturated carbocycles. The summed E-state index contributed by atoms with van der Waals surface area (Å²) < 4.78 is 0. The largest absolute Gasteiger partial charge is 0.330 e. The molecule has 0 spiro atoms. The van der Waals surface area contributed by atoms with Gasteiger partial charge in [0.15, 0.2) is 0 Å². The van der Waals surface area contributed by atoms with E-state index in [0.29, 0.717) is 0 Å². The molecule has 1 aromatic heterocycles. The molecule has 0 bridgehead atoms. The van der Waals surface area contributed by atoms with Gasteiger partial charge in [0.25, 0.3) is 0 Å². The quantitative estimate of drug-likeness (QED) is 0.857. The molecule has 0 saturated heterocycles. The van der Waals surface area contributed by atoms with Crippen molar-refractivity contribution >= 4 is 11.3 Å². The minimum atomic E-state index is 0.743. The number of hydrogen-bond donors (Lipinski definition) is 1. The number of hydrogen-bond acceptors (Lipinski definition) is 3. The molecular weight excluding hydrogens is 204 g/mol. The van der Waals surface area contributed by atoms with Crippen LogP contribution < -0.4 is 5.73 Å². The molecule has 0 radical (unpaired) electrons. The molecule has 1 aliphatic carbocycles. The highest BCUT2D eigenvalue weighted by molar-refractivity contribution is 7.11. The molecule has 15 heavy (non-hydrogen) atoms. The zero-order chi connectivity index (χ0) is 10.7. The molecule has 0 atom stereocenters. The van der Waals surface area contributed by atoms with Crippen molar-refractivity contribution < 1.29 is 0 Å². The van der Waals surface area contributed by atoms with Gasteiger partial charge in [-0.15, -0.1) is 11.3 Å². The van der Waals surface area contributed by atoms with Crippen LogP contribution in [0.1, 0.15) is 53.6 Å². The van der Waals surface area contributed by atoms with Crippen LogP contribution in [0.3, 0.4) is 0 Å². The molecule has 1 aliphatic rings. The van der Waals surface area contributed by atoms with Crippen molar-refractivity contribution in [2.24, 2.45) is 5.73 Å². The van der Waals surface area contributed by atoms with Crippen molar-refractivity contribution in [3.8, 4) is 0 Å². The number of aromatic nitrogens is 1. The summed E-state index contributed by atoms with van der Waals surface area (Å²) in [5.74, 6) is 0.744. The summed E-state index contributed by atoms with van der Waals surface area (Å²) in [6, 6.07) is 0. The molecule has 0 amide bonds. The van der Waals surface area contributed by atoms with E-state index in [1.807, 2.05) is 11.3 Å². The molecule has 2 N–H and O–H groups in total. The molecule has 0 unspecified atom stereocenters. The summed E-state index contributed by atoms with van der Waals surface area (Å²) in [6.45, 7) is 2.86. The van der Waals surface area contributed by atoms with Crippen molar-refractivity contribution in [3.63, 3.8) is 0 Å². The Hall–Kier alpha value is -0.410. The van der Waals surface area contributed by atoms with Gasteiger partial charge in [-0.25, -0.2) is 4.98 Å². The third kappa shape index (κ3) is 2.58. The number of rotatable bonds is 3. The molecule has 0 aromatic carbocycles. The highest BCUT2D eigenvalue weighted by Crippen LogP contribution is 2.35. The first kappa shape index (κ1) is 11.1. The summed E-state index contributed by atoms with van der Waals surface area (Å²) in [5, 5.41) is 1.37. The highest BCUT2D eigenvalue weighted by Gasteiger charge is 2.19. The molecule has 1 aromatic rings. The Morgan fingerprint density at radius 3 is 2.73 bits per heavy atom. The highest BCUT2D eigenvalue weighted by atomic mass is 32.1.